The summed E-state index contributed by atoms with van der Waals surface area (Å²) in [4.78, 5) is 41.7. The Morgan fingerprint density at radius 2 is 1.97 bits per heavy atom. The Morgan fingerprint density at radius 3 is 2.64 bits per heavy atom. The van der Waals surface area contributed by atoms with Gasteiger partial charge < -0.3 is 36.2 Å². The second-order valence-electron chi connectivity index (χ2n) is 8.88. The molecule has 3 aromatic rings. The van der Waals surface area contributed by atoms with Gasteiger partial charge in [0.15, 0.2) is 19.4 Å². The number of benzene rings is 1. The van der Waals surface area contributed by atoms with Crippen molar-refractivity contribution >= 4 is 42.8 Å². The molecule has 1 aromatic carbocycles. The Labute approximate surface area is 224 Å². The number of aromatic nitrogens is 4. The second-order valence-corrected chi connectivity index (χ2v) is 8.88. The molecule has 1 saturated carbocycles. The predicted molar refractivity (Wildman–Crippen MR) is 140 cm³/mol. The van der Waals surface area contributed by atoms with E-state index in [1.807, 2.05) is 5.32 Å². The van der Waals surface area contributed by atoms with Crippen molar-refractivity contribution in [2.24, 2.45) is 5.92 Å². The zero-order valence-corrected chi connectivity index (χ0v) is 21.3. The molecule has 4 rings (SSSR count). The zero-order chi connectivity index (χ0) is 28.2. The predicted octanol–water partition coefficient (Wildman–Crippen LogP) is 0.0711. The largest absolute Gasteiger partial charge is 0.494 e. The number of nitrogens with one attached hydrogen (secondary N) is 4. The SMILES string of the molecule is [B]C(O)(O)NC(=O)c1cnc(NC(=O)C2CC2)cc1Nc1cccc(-c2cnn(CCNC(C)=O)n2)c1OC. The average Bonchev–Trinajstić information content (AvgIpc) is 3.61. The first kappa shape index (κ1) is 27.5. The van der Waals surface area contributed by atoms with Gasteiger partial charge in [0, 0.05) is 37.2 Å². The van der Waals surface area contributed by atoms with Gasteiger partial charge in [-0.05, 0) is 25.0 Å². The van der Waals surface area contributed by atoms with E-state index >= 15 is 0 Å². The normalized spacial score (nSPS) is 12.9. The maximum absolute atomic E-state index is 12.7. The minimum atomic E-state index is -2.96. The quantitative estimate of drug-likeness (QED) is 0.145. The lowest BCUT2D eigenvalue weighted by molar-refractivity contribution is -0.119. The van der Waals surface area contributed by atoms with Crippen LogP contribution < -0.4 is 26.0 Å². The Bertz CT molecular complexity index is 1390. The van der Waals surface area contributed by atoms with Crippen LogP contribution in [0, 0.1) is 5.92 Å². The Hall–Kier alpha value is -4.50. The first-order valence-corrected chi connectivity index (χ1v) is 12.0. The molecule has 0 spiro atoms. The number of methoxy groups -OCH3 is 1. The summed E-state index contributed by atoms with van der Waals surface area (Å²) in [6.07, 6.45) is 4.31. The number of hydrogen-bond donors (Lipinski definition) is 6. The first-order chi connectivity index (χ1) is 18.5. The summed E-state index contributed by atoms with van der Waals surface area (Å²) in [6.45, 7) is 2.15. The molecule has 0 bridgehead atoms. The van der Waals surface area contributed by atoms with Crippen molar-refractivity contribution in [1.29, 1.82) is 0 Å². The van der Waals surface area contributed by atoms with Crippen molar-refractivity contribution in [1.82, 2.24) is 30.6 Å². The summed E-state index contributed by atoms with van der Waals surface area (Å²) in [6, 6.07) is 6.64. The van der Waals surface area contributed by atoms with Crippen LogP contribution in [0.2, 0.25) is 0 Å². The number of carbonyl (C=O) groups excluding carboxylic acids is 3. The minimum absolute atomic E-state index is 0.0729. The standard InChI is InChI=1S/C24H27BN8O6/c1-13(34)26-8-9-33-28-12-19(32-33)15-4-3-5-17(21(15)39-2)29-18-10-20(30-22(35)14-6-7-14)27-11-16(18)23(36)31-24(25,37)38/h3-5,10-12,14,37-38H,6-9H2,1-2H3,(H,26,34)(H,31,36)(H2,27,29,30,35). The zero-order valence-electron chi connectivity index (χ0n) is 21.3. The number of amides is 3. The third-order valence-electron chi connectivity index (χ3n) is 5.63. The highest BCUT2D eigenvalue weighted by Gasteiger charge is 2.30. The van der Waals surface area contributed by atoms with Crippen molar-refractivity contribution in [3.05, 3.63) is 42.2 Å². The molecule has 14 nitrogen and oxygen atoms in total. The van der Waals surface area contributed by atoms with Crippen molar-refractivity contribution in [3.8, 4) is 17.0 Å². The molecule has 2 heterocycles. The fourth-order valence-electron chi connectivity index (χ4n) is 3.68. The van der Waals surface area contributed by atoms with Crippen LogP contribution in [-0.4, -0.2) is 75.2 Å². The molecule has 39 heavy (non-hydrogen) atoms. The number of nitrogens with zero attached hydrogens (tertiary/aromatic N) is 4. The first-order valence-electron chi connectivity index (χ1n) is 12.0. The van der Waals surface area contributed by atoms with Crippen molar-refractivity contribution in [2.45, 2.75) is 32.1 Å². The number of carbonyl (C=O) groups is 3. The number of para-hydroxylation sites is 1. The number of pyridine rings is 1. The van der Waals surface area contributed by atoms with Crippen molar-refractivity contribution in [2.75, 3.05) is 24.3 Å². The van der Waals surface area contributed by atoms with E-state index in [-0.39, 0.29) is 34.8 Å². The lowest BCUT2D eigenvalue weighted by atomic mass is 10.0. The van der Waals surface area contributed by atoms with Gasteiger partial charge in [0.1, 0.15) is 11.5 Å². The molecule has 0 saturated heterocycles. The Kier molecular flexibility index (Phi) is 8.11. The summed E-state index contributed by atoms with van der Waals surface area (Å²) < 4.78 is 5.66. The Morgan fingerprint density at radius 1 is 1.21 bits per heavy atom. The molecule has 6 N–H and O–H groups in total. The molecule has 1 aliphatic carbocycles. The fourth-order valence-corrected chi connectivity index (χ4v) is 3.68. The van der Waals surface area contributed by atoms with E-state index in [1.165, 1.54) is 31.1 Å². The van der Waals surface area contributed by atoms with E-state index in [1.54, 1.807) is 24.4 Å². The van der Waals surface area contributed by atoms with E-state index in [0.717, 1.165) is 12.8 Å². The van der Waals surface area contributed by atoms with Gasteiger partial charge in [-0.3, -0.25) is 14.4 Å². The van der Waals surface area contributed by atoms with Gasteiger partial charge in [-0.15, -0.1) is 0 Å². The number of hydrogen-bond acceptors (Lipinski definition) is 10. The summed E-state index contributed by atoms with van der Waals surface area (Å²) >= 11 is 0. The van der Waals surface area contributed by atoms with E-state index in [0.29, 0.717) is 35.8 Å². The number of ether oxygens (including phenoxy) is 1. The van der Waals surface area contributed by atoms with Crippen LogP contribution in [0.4, 0.5) is 17.2 Å². The number of anilines is 3. The van der Waals surface area contributed by atoms with Crippen LogP contribution in [0.3, 0.4) is 0 Å². The molecule has 1 aliphatic rings. The fraction of sp³-hybridized carbons (Fsp3) is 0.333. The van der Waals surface area contributed by atoms with Gasteiger partial charge >= 0.3 is 0 Å². The van der Waals surface area contributed by atoms with Gasteiger partial charge in [0.25, 0.3) is 5.91 Å². The molecule has 15 heteroatoms. The lowest BCUT2D eigenvalue weighted by Crippen LogP contribution is -2.49. The molecule has 2 aromatic heterocycles. The van der Waals surface area contributed by atoms with Crippen LogP contribution in [0.5, 0.6) is 5.75 Å². The summed E-state index contributed by atoms with van der Waals surface area (Å²) in [5, 5.41) is 37.9. The van der Waals surface area contributed by atoms with Gasteiger partial charge in [-0.2, -0.15) is 15.0 Å². The Balaban J connectivity index is 1.65. The highest BCUT2D eigenvalue weighted by Crippen LogP contribution is 2.38. The molecular formula is C24H27BN8O6. The van der Waals surface area contributed by atoms with Crippen LogP contribution >= 0.6 is 0 Å². The van der Waals surface area contributed by atoms with E-state index in [4.69, 9.17) is 12.6 Å². The molecule has 202 valence electrons. The topological polar surface area (TPSA) is 193 Å². The lowest BCUT2D eigenvalue weighted by Gasteiger charge is -2.21. The van der Waals surface area contributed by atoms with E-state index < -0.39 is 11.7 Å². The minimum Gasteiger partial charge on any atom is -0.494 e. The van der Waals surface area contributed by atoms with Crippen LogP contribution in [-0.2, 0) is 16.1 Å². The summed E-state index contributed by atoms with van der Waals surface area (Å²) in [7, 11) is 6.58. The van der Waals surface area contributed by atoms with Gasteiger partial charge in [0.05, 0.1) is 36.8 Å². The molecule has 0 aliphatic heterocycles. The monoisotopic (exact) mass is 534 g/mol. The number of aliphatic hydroxyl groups is 2. The van der Waals surface area contributed by atoms with Gasteiger partial charge in [-0.1, -0.05) is 6.07 Å². The highest BCUT2D eigenvalue weighted by atomic mass is 16.5. The van der Waals surface area contributed by atoms with Crippen molar-refractivity contribution < 1.29 is 29.3 Å². The van der Waals surface area contributed by atoms with Gasteiger partial charge in [0.2, 0.25) is 11.8 Å². The smallest absolute Gasteiger partial charge is 0.258 e. The maximum Gasteiger partial charge on any atom is 0.258 e. The van der Waals surface area contributed by atoms with E-state index in [2.05, 4.69) is 31.1 Å². The molecule has 1 fully saturated rings. The summed E-state index contributed by atoms with van der Waals surface area (Å²) in [5.74, 6) is -3.75. The molecule has 0 unspecified atom stereocenters. The van der Waals surface area contributed by atoms with Crippen molar-refractivity contribution in [3.63, 3.8) is 0 Å². The average molecular weight is 534 g/mol. The van der Waals surface area contributed by atoms with Crippen LogP contribution in [0.25, 0.3) is 11.3 Å². The van der Waals surface area contributed by atoms with Gasteiger partial charge in [-0.25, -0.2) is 4.98 Å². The second kappa shape index (κ2) is 11.5. The van der Waals surface area contributed by atoms with E-state index in [9.17, 15) is 24.6 Å². The van der Waals surface area contributed by atoms with Crippen LogP contribution in [0.1, 0.15) is 30.1 Å². The third-order valence-corrected chi connectivity index (χ3v) is 5.63. The molecular weight excluding hydrogens is 507 g/mol. The molecule has 2 radical (unpaired) electrons. The molecule has 0 atom stereocenters. The van der Waals surface area contributed by atoms with Crippen LogP contribution in [0.15, 0.2) is 36.7 Å². The number of rotatable bonds is 11. The molecule has 3 amide bonds. The maximum atomic E-state index is 12.7. The highest BCUT2D eigenvalue weighted by molar-refractivity contribution is 6.15. The summed E-state index contributed by atoms with van der Waals surface area (Å²) in [5.41, 5.74) is 1.59. The third kappa shape index (κ3) is 7.30.